The second-order valence-corrected chi connectivity index (χ2v) is 4.70. The average molecular weight is 284 g/mol. The van der Waals surface area contributed by atoms with E-state index < -0.39 is 30.7 Å². The SMILES string of the molecule is CO[C@H]1O[C@H](CO)[C@@H](O)[C@H](OCc2ccccc2)[C@H]1O. The number of rotatable bonds is 5. The van der Waals surface area contributed by atoms with E-state index in [2.05, 4.69) is 0 Å². The van der Waals surface area contributed by atoms with Crippen LogP contribution in [0, 0.1) is 0 Å². The Bertz CT molecular complexity index is 382. The molecular weight excluding hydrogens is 264 g/mol. The zero-order valence-electron chi connectivity index (χ0n) is 11.3. The van der Waals surface area contributed by atoms with Crippen molar-refractivity contribution in [1.29, 1.82) is 0 Å². The summed E-state index contributed by atoms with van der Waals surface area (Å²) < 4.78 is 15.8. The Morgan fingerprint density at radius 2 is 1.85 bits per heavy atom. The van der Waals surface area contributed by atoms with E-state index in [1.165, 1.54) is 7.11 Å². The van der Waals surface area contributed by atoms with Gasteiger partial charge in [-0.2, -0.15) is 0 Å². The van der Waals surface area contributed by atoms with Gasteiger partial charge < -0.3 is 29.5 Å². The lowest BCUT2D eigenvalue weighted by molar-refractivity contribution is -0.303. The van der Waals surface area contributed by atoms with Crippen molar-refractivity contribution < 1.29 is 29.5 Å². The Morgan fingerprint density at radius 1 is 1.15 bits per heavy atom. The van der Waals surface area contributed by atoms with Crippen LogP contribution in [0.25, 0.3) is 0 Å². The maximum absolute atomic E-state index is 10.1. The van der Waals surface area contributed by atoms with Gasteiger partial charge >= 0.3 is 0 Å². The quantitative estimate of drug-likeness (QED) is 0.685. The van der Waals surface area contributed by atoms with E-state index in [1.807, 2.05) is 30.3 Å². The van der Waals surface area contributed by atoms with Crippen molar-refractivity contribution >= 4 is 0 Å². The molecule has 0 unspecified atom stereocenters. The molecule has 1 aliphatic heterocycles. The average Bonchev–Trinajstić information content (AvgIpc) is 2.48. The van der Waals surface area contributed by atoms with E-state index >= 15 is 0 Å². The Labute approximate surface area is 117 Å². The minimum absolute atomic E-state index is 0.244. The summed E-state index contributed by atoms with van der Waals surface area (Å²) in [7, 11) is 1.38. The minimum atomic E-state index is -1.12. The van der Waals surface area contributed by atoms with Crippen LogP contribution >= 0.6 is 0 Å². The Hall–Kier alpha value is -1.02. The number of aliphatic hydroxyl groups excluding tert-OH is 3. The number of hydrogen-bond acceptors (Lipinski definition) is 6. The molecule has 0 aliphatic carbocycles. The van der Waals surface area contributed by atoms with Crippen molar-refractivity contribution in [2.75, 3.05) is 13.7 Å². The molecular formula is C14H20O6. The standard InChI is InChI=1S/C14H20O6/c1-18-14-12(17)13(11(16)10(7-15)20-14)19-8-9-5-3-2-4-6-9/h2-6,10-17H,7-8H2,1H3/t10-,11-,12-,13+,14+/m1/s1. The first-order valence-corrected chi connectivity index (χ1v) is 6.48. The molecule has 1 aromatic carbocycles. The lowest BCUT2D eigenvalue weighted by atomic mass is 9.99. The highest BCUT2D eigenvalue weighted by Gasteiger charge is 2.45. The maximum atomic E-state index is 10.1. The molecule has 1 heterocycles. The fourth-order valence-electron chi connectivity index (χ4n) is 2.21. The van der Waals surface area contributed by atoms with Crippen LogP contribution in [-0.4, -0.2) is 59.7 Å². The summed E-state index contributed by atoms with van der Waals surface area (Å²) in [5.41, 5.74) is 0.924. The summed E-state index contributed by atoms with van der Waals surface area (Å²) in [5, 5.41) is 29.3. The number of ether oxygens (including phenoxy) is 3. The summed E-state index contributed by atoms with van der Waals surface area (Å²) in [5.74, 6) is 0. The van der Waals surface area contributed by atoms with Crippen molar-refractivity contribution in [3.63, 3.8) is 0 Å². The normalized spacial score (nSPS) is 34.1. The van der Waals surface area contributed by atoms with Crippen molar-refractivity contribution in [1.82, 2.24) is 0 Å². The monoisotopic (exact) mass is 284 g/mol. The van der Waals surface area contributed by atoms with Crippen LogP contribution in [0.5, 0.6) is 0 Å². The lowest BCUT2D eigenvalue weighted by Gasteiger charge is -2.41. The Morgan fingerprint density at radius 3 is 2.45 bits per heavy atom. The molecule has 1 aliphatic rings. The van der Waals surface area contributed by atoms with Gasteiger partial charge in [0.1, 0.15) is 24.4 Å². The summed E-state index contributed by atoms with van der Waals surface area (Å²) >= 11 is 0. The molecule has 1 fully saturated rings. The molecule has 3 N–H and O–H groups in total. The Kier molecular flexibility index (Phi) is 5.47. The lowest BCUT2D eigenvalue weighted by Crippen LogP contribution is -2.59. The molecule has 6 heteroatoms. The second kappa shape index (κ2) is 7.12. The molecule has 0 spiro atoms. The van der Waals surface area contributed by atoms with Gasteiger partial charge in [0, 0.05) is 7.11 Å². The van der Waals surface area contributed by atoms with Gasteiger partial charge in [0.05, 0.1) is 13.2 Å². The first-order chi connectivity index (χ1) is 9.67. The van der Waals surface area contributed by atoms with Crippen LogP contribution < -0.4 is 0 Å². The summed E-state index contributed by atoms with van der Waals surface area (Å²) in [4.78, 5) is 0. The number of aliphatic hydroxyl groups is 3. The third-order valence-electron chi connectivity index (χ3n) is 3.34. The summed E-state index contributed by atoms with van der Waals surface area (Å²) in [6.07, 6.45) is -4.90. The highest BCUT2D eigenvalue weighted by Crippen LogP contribution is 2.24. The van der Waals surface area contributed by atoms with E-state index in [-0.39, 0.29) is 13.2 Å². The van der Waals surface area contributed by atoms with Crippen LogP contribution in [0.4, 0.5) is 0 Å². The van der Waals surface area contributed by atoms with Crippen molar-refractivity contribution in [3.8, 4) is 0 Å². The molecule has 0 bridgehead atoms. The molecule has 6 nitrogen and oxygen atoms in total. The molecule has 20 heavy (non-hydrogen) atoms. The largest absolute Gasteiger partial charge is 0.394 e. The Balaban J connectivity index is 2.02. The van der Waals surface area contributed by atoms with E-state index in [1.54, 1.807) is 0 Å². The molecule has 0 aromatic heterocycles. The number of methoxy groups -OCH3 is 1. The third-order valence-corrected chi connectivity index (χ3v) is 3.34. The zero-order valence-corrected chi connectivity index (χ0v) is 11.3. The second-order valence-electron chi connectivity index (χ2n) is 4.70. The van der Waals surface area contributed by atoms with Crippen LogP contribution in [0.2, 0.25) is 0 Å². The fourth-order valence-corrected chi connectivity index (χ4v) is 2.21. The third kappa shape index (κ3) is 3.35. The van der Waals surface area contributed by atoms with Gasteiger partial charge in [-0.25, -0.2) is 0 Å². The van der Waals surface area contributed by atoms with Gasteiger partial charge in [-0.15, -0.1) is 0 Å². The molecule has 1 aromatic rings. The minimum Gasteiger partial charge on any atom is -0.394 e. The molecule has 0 saturated carbocycles. The number of hydrogen-bond donors (Lipinski definition) is 3. The predicted octanol–water partition coefficient (Wildman–Crippen LogP) is -0.343. The topological polar surface area (TPSA) is 88.4 Å². The molecule has 2 rings (SSSR count). The summed E-state index contributed by atoms with van der Waals surface area (Å²) in [6.45, 7) is -0.132. The van der Waals surface area contributed by atoms with Crippen molar-refractivity contribution in [2.24, 2.45) is 0 Å². The molecule has 0 amide bonds. The highest BCUT2D eigenvalue weighted by molar-refractivity contribution is 5.13. The van der Waals surface area contributed by atoms with Crippen LogP contribution in [0.3, 0.4) is 0 Å². The highest BCUT2D eigenvalue weighted by atomic mass is 16.7. The van der Waals surface area contributed by atoms with Gasteiger partial charge in [-0.05, 0) is 5.56 Å². The van der Waals surface area contributed by atoms with E-state index in [9.17, 15) is 15.3 Å². The van der Waals surface area contributed by atoms with Crippen molar-refractivity contribution in [2.45, 2.75) is 37.3 Å². The number of benzene rings is 1. The molecule has 1 saturated heterocycles. The van der Waals surface area contributed by atoms with E-state index in [4.69, 9.17) is 14.2 Å². The van der Waals surface area contributed by atoms with Gasteiger partial charge in [0.15, 0.2) is 6.29 Å². The maximum Gasteiger partial charge on any atom is 0.186 e. The van der Waals surface area contributed by atoms with Crippen molar-refractivity contribution in [3.05, 3.63) is 35.9 Å². The molecule has 0 radical (unpaired) electrons. The van der Waals surface area contributed by atoms with Gasteiger partial charge in [-0.3, -0.25) is 0 Å². The van der Waals surface area contributed by atoms with Crippen LogP contribution in [0.15, 0.2) is 30.3 Å². The summed E-state index contributed by atoms with van der Waals surface area (Å²) in [6, 6.07) is 9.42. The first kappa shape index (κ1) is 15.4. The van der Waals surface area contributed by atoms with E-state index in [0.29, 0.717) is 0 Å². The van der Waals surface area contributed by atoms with E-state index in [0.717, 1.165) is 5.56 Å². The smallest absolute Gasteiger partial charge is 0.186 e. The van der Waals surface area contributed by atoms with Crippen LogP contribution in [0.1, 0.15) is 5.56 Å². The molecule has 112 valence electrons. The van der Waals surface area contributed by atoms with Crippen LogP contribution in [-0.2, 0) is 20.8 Å². The van der Waals surface area contributed by atoms with Gasteiger partial charge in [-0.1, -0.05) is 30.3 Å². The molecule has 5 atom stereocenters. The van der Waals surface area contributed by atoms with Gasteiger partial charge in [0.25, 0.3) is 0 Å². The zero-order chi connectivity index (χ0) is 14.5. The van der Waals surface area contributed by atoms with Gasteiger partial charge in [0.2, 0.25) is 0 Å². The first-order valence-electron chi connectivity index (χ1n) is 6.48. The fraction of sp³-hybridized carbons (Fsp3) is 0.571. The predicted molar refractivity (Wildman–Crippen MR) is 69.8 cm³/mol.